The number of nitrogens with one attached hydrogen (secondary N) is 1. The molecule has 0 radical (unpaired) electrons. The molecule has 1 heterocycles. The van der Waals surface area contributed by atoms with Crippen LogP contribution in [-0.2, 0) is 16.1 Å². The van der Waals surface area contributed by atoms with Gasteiger partial charge in [0.1, 0.15) is 18.0 Å². The summed E-state index contributed by atoms with van der Waals surface area (Å²) in [5.74, 6) is 1.90. The Morgan fingerprint density at radius 2 is 2.22 bits per heavy atom. The minimum Gasteiger partial charge on any atom is -0.444 e. The topological polar surface area (TPSA) is 142 Å². The SMILES string of the molecule is C#CCN(CCN=[N+]=[N-])C(=O)Cn1ccc(NC(=O)OC(C)(C)C)nc1=O. The van der Waals surface area contributed by atoms with Gasteiger partial charge in [0.15, 0.2) is 0 Å². The fraction of sp³-hybridized carbons (Fsp3) is 0.500. The van der Waals surface area contributed by atoms with Crippen molar-refractivity contribution in [3.63, 3.8) is 0 Å². The van der Waals surface area contributed by atoms with Gasteiger partial charge in [0.05, 0.1) is 6.54 Å². The van der Waals surface area contributed by atoms with E-state index in [-0.39, 0.29) is 32.0 Å². The van der Waals surface area contributed by atoms with E-state index in [1.807, 2.05) is 0 Å². The standard InChI is InChI=1S/C16H21N7O4/c1-5-8-22(10-7-18-21-17)13(24)11-23-9-6-12(19-14(23)25)20-15(26)27-16(2,3)4/h1,6,9H,7-8,10-11H2,2-4H3,(H,19,20,25,26). The predicted molar refractivity (Wildman–Crippen MR) is 97.8 cm³/mol. The second-order valence-corrected chi connectivity index (χ2v) is 6.32. The normalized spacial score (nSPS) is 10.3. The first kappa shape index (κ1) is 21.5. The zero-order valence-electron chi connectivity index (χ0n) is 15.4. The molecule has 1 rings (SSSR count). The van der Waals surface area contributed by atoms with Gasteiger partial charge >= 0.3 is 11.8 Å². The van der Waals surface area contributed by atoms with E-state index in [1.165, 1.54) is 17.2 Å². The second-order valence-electron chi connectivity index (χ2n) is 6.32. The molecule has 1 N–H and O–H groups in total. The molecule has 144 valence electrons. The van der Waals surface area contributed by atoms with E-state index in [4.69, 9.17) is 16.7 Å². The molecule has 27 heavy (non-hydrogen) atoms. The molecule has 11 heteroatoms. The van der Waals surface area contributed by atoms with Crippen LogP contribution in [0.5, 0.6) is 0 Å². The average molecular weight is 375 g/mol. The molecule has 0 fully saturated rings. The highest BCUT2D eigenvalue weighted by atomic mass is 16.6. The van der Waals surface area contributed by atoms with E-state index in [9.17, 15) is 14.4 Å². The zero-order valence-corrected chi connectivity index (χ0v) is 15.4. The lowest BCUT2D eigenvalue weighted by Gasteiger charge is -2.20. The van der Waals surface area contributed by atoms with Crippen LogP contribution in [0.2, 0.25) is 0 Å². The lowest BCUT2D eigenvalue weighted by molar-refractivity contribution is -0.131. The molecule has 0 aliphatic heterocycles. The number of amides is 2. The van der Waals surface area contributed by atoms with Gasteiger partial charge in [0, 0.05) is 24.2 Å². The number of ether oxygens (including phenoxy) is 1. The third-order valence-corrected chi connectivity index (χ3v) is 2.98. The first-order valence-electron chi connectivity index (χ1n) is 7.96. The quantitative estimate of drug-likeness (QED) is 0.331. The number of anilines is 1. The third kappa shape index (κ3) is 7.94. The highest BCUT2D eigenvalue weighted by Crippen LogP contribution is 2.09. The second kappa shape index (κ2) is 9.84. The van der Waals surface area contributed by atoms with Crippen LogP contribution in [-0.4, -0.2) is 51.7 Å². The number of azide groups is 1. The molecule has 11 nitrogen and oxygen atoms in total. The van der Waals surface area contributed by atoms with Gasteiger partial charge < -0.3 is 9.64 Å². The maximum Gasteiger partial charge on any atom is 0.413 e. The summed E-state index contributed by atoms with van der Waals surface area (Å²) in [6.07, 6.45) is 5.80. The summed E-state index contributed by atoms with van der Waals surface area (Å²) in [5.41, 5.74) is 6.87. The van der Waals surface area contributed by atoms with Gasteiger partial charge in [0.2, 0.25) is 5.91 Å². The van der Waals surface area contributed by atoms with Gasteiger partial charge in [0.25, 0.3) is 0 Å². The molecule has 0 unspecified atom stereocenters. The highest BCUT2D eigenvalue weighted by molar-refractivity contribution is 5.83. The summed E-state index contributed by atoms with van der Waals surface area (Å²) < 4.78 is 6.14. The third-order valence-electron chi connectivity index (χ3n) is 2.98. The van der Waals surface area contributed by atoms with Crippen LogP contribution in [0, 0.1) is 12.3 Å². The first-order valence-corrected chi connectivity index (χ1v) is 7.96. The minimum absolute atomic E-state index is 0.00165. The van der Waals surface area contributed by atoms with Crippen molar-refractivity contribution in [2.45, 2.75) is 32.9 Å². The maximum absolute atomic E-state index is 12.3. The Bertz CT molecular complexity index is 828. The van der Waals surface area contributed by atoms with Crippen LogP contribution < -0.4 is 11.0 Å². The van der Waals surface area contributed by atoms with Gasteiger partial charge in [-0.2, -0.15) is 4.98 Å². The Morgan fingerprint density at radius 3 is 2.78 bits per heavy atom. The summed E-state index contributed by atoms with van der Waals surface area (Å²) in [5, 5.41) is 5.69. The molecule has 2 amide bonds. The molecular weight excluding hydrogens is 354 g/mol. The van der Waals surface area contributed by atoms with Crippen molar-refractivity contribution in [1.29, 1.82) is 0 Å². The lowest BCUT2D eigenvalue weighted by atomic mass is 10.2. The fourth-order valence-corrected chi connectivity index (χ4v) is 1.89. The molecule has 0 saturated carbocycles. The number of rotatable bonds is 7. The molecular formula is C16H21N7O4. The number of terminal acetylenes is 1. The minimum atomic E-state index is -0.749. The molecule has 0 aliphatic rings. The van der Waals surface area contributed by atoms with E-state index in [1.54, 1.807) is 20.8 Å². The Kier molecular flexibility index (Phi) is 7.85. The van der Waals surface area contributed by atoms with Crippen LogP contribution in [0.25, 0.3) is 10.4 Å². The van der Waals surface area contributed by atoms with Crippen molar-refractivity contribution in [3.8, 4) is 12.3 Å². The summed E-state index contributed by atoms with van der Waals surface area (Å²) in [6, 6.07) is 1.37. The van der Waals surface area contributed by atoms with Crippen LogP contribution in [0.3, 0.4) is 0 Å². The number of hydrogen-bond acceptors (Lipinski definition) is 6. The van der Waals surface area contributed by atoms with Crippen molar-refractivity contribution in [2.75, 3.05) is 25.0 Å². The van der Waals surface area contributed by atoms with Gasteiger partial charge in [-0.3, -0.25) is 14.7 Å². The van der Waals surface area contributed by atoms with Crippen LogP contribution in [0.1, 0.15) is 20.8 Å². The maximum atomic E-state index is 12.3. The van der Waals surface area contributed by atoms with Crippen molar-refractivity contribution in [3.05, 3.63) is 33.2 Å². The largest absolute Gasteiger partial charge is 0.444 e. The number of aromatic nitrogens is 2. The smallest absolute Gasteiger partial charge is 0.413 e. The highest BCUT2D eigenvalue weighted by Gasteiger charge is 2.17. The van der Waals surface area contributed by atoms with Gasteiger partial charge in [-0.25, -0.2) is 9.59 Å². The lowest BCUT2D eigenvalue weighted by Crippen LogP contribution is -2.38. The van der Waals surface area contributed by atoms with Crippen LogP contribution in [0.15, 0.2) is 22.2 Å². The van der Waals surface area contributed by atoms with Crippen molar-refractivity contribution < 1.29 is 14.3 Å². The Balaban J connectivity index is 2.79. The Hall–Kier alpha value is -3.51. The molecule has 0 aromatic carbocycles. The van der Waals surface area contributed by atoms with Crippen molar-refractivity contribution in [2.24, 2.45) is 5.11 Å². The average Bonchev–Trinajstić information content (AvgIpc) is 2.54. The summed E-state index contributed by atoms with van der Waals surface area (Å²) in [7, 11) is 0. The summed E-state index contributed by atoms with van der Waals surface area (Å²) in [6.45, 7) is 5.02. The van der Waals surface area contributed by atoms with E-state index in [0.29, 0.717) is 0 Å². The van der Waals surface area contributed by atoms with E-state index in [0.717, 1.165) is 4.57 Å². The van der Waals surface area contributed by atoms with Crippen LogP contribution >= 0.6 is 0 Å². The Labute approximate surface area is 156 Å². The fourth-order valence-electron chi connectivity index (χ4n) is 1.89. The molecule has 0 bridgehead atoms. The first-order chi connectivity index (χ1) is 12.7. The van der Waals surface area contributed by atoms with Gasteiger partial charge in [-0.15, -0.1) is 6.42 Å². The predicted octanol–water partition coefficient (Wildman–Crippen LogP) is 1.36. The monoisotopic (exact) mass is 375 g/mol. The number of nitrogens with zero attached hydrogens (tertiary/aromatic N) is 6. The Morgan fingerprint density at radius 1 is 1.52 bits per heavy atom. The van der Waals surface area contributed by atoms with Gasteiger partial charge in [-0.1, -0.05) is 11.0 Å². The van der Waals surface area contributed by atoms with Crippen molar-refractivity contribution >= 4 is 17.8 Å². The van der Waals surface area contributed by atoms with E-state index < -0.39 is 23.3 Å². The molecule has 1 aromatic rings. The van der Waals surface area contributed by atoms with E-state index in [2.05, 4.69) is 26.2 Å². The molecule has 0 aliphatic carbocycles. The molecule has 0 saturated heterocycles. The molecule has 0 spiro atoms. The van der Waals surface area contributed by atoms with E-state index >= 15 is 0 Å². The zero-order chi connectivity index (χ0) is 20.4. The number of carbonyl (C=O) groups is 2. The molecule has 0 atom stereocenters. The molecule has 1 aromatic heterocycles. The van der Waals surface area contributed by atoms with Crippen LogP contribution in [0.4, 0.5) is 10.6 Å². The number of carbonyl (C=O) groups excluding carboxylic acids is 2. The van der Waals surface area contributed by atoms with Crippen molar-refractivity contribution in [1.82, 2.24) is 14.5 Å². The van der Waals surface area contributed by atoms with Gasteiger partial charge in [-0.05, 0) is 32.4 Å². The number of hydrogen-bond donors (Lipinski definition) is 1. The summed E-state index contributed by atoms with van der Waals surface area (Å²) >= 11 is 0. The summed E-state index contributed by atoms with van der Waals surface area (Å²) in [4.78, 5) is 43.6.